The van der Waals surface area contributed by atoms with Gasteiger partial charge in [0.1, 0.15) is 4.90 Å². The second-order valence-corrected chi connectivity index (χ2v) is 8.46. The van der Waals surface area contributed by atoms with E-state index in [0.29, 0.717) is 4.31 Å². The molecule has 2 aromatic carbocycles. The molecule has 0 aliphatic carbocycles. The topological polar surface area (TPSA) is 71.5 Å². The minimum absolute atomic E-state index is 0.0251. The number of carbonyl (C=O) groups is 2. The Morgan fingerprint density at radius 2 is 1.54 bits per heavy atom. The van der Waals surface area contributed by atoms with Gasteiger partial charge in [-0.25, -0.2) is 8.42 Å². The highest BCUT2D eigenvalue weighted by Gasteiger charge is 2.45. The number of imide groups is 1. The van der Waals surface area contributed by atoms with Gasteiger partial charge < -0.3 is 0 Å². The summed E-state index contributed by atoms with van der Waals surface area (Å²) in [6.07, 6.45) is 0. The Morgan fingerprint density at radius 1 is 0.958 bits per heavy atom. The van der Waals surface area contributed by atoms with Gasteiger partial charge in [0.25, 0.3) is 21.8 Å². The third-order valence-corrected chi connectivity index (χ3v) is 5.73. The number of hydrogen-bond donors (Lipinski definition) is 0. The molecule has 0 spiro atoms. The lowest BCUT2D eigenvalue weighted by atomic mass is 9.87. The van der Waals surface area contributed by atoms with E-state index in [1.54, 1.807) is 30.3 Å². The van der Waals surface area contributed by atoms with Crippen LogP contribution in [-0.4, -0.2) is 24.5 Å². The van der Waals surface area contributed by atoms with Gasteiger partial charge in [0, 0.05) is 5.56 Å². The molecule has 124 valence electrons. The third kappa shape index (κ3) is 2.43. The summed E-state index contributed by atoms with van der Waals surface area (Å²) in [4.78, 5) is 24.9. The van der Waals surface area contributed by atoms with E-state index < -0.39 is 21.8 Å². The van der Waals surface area contributed by atoms with Gasteiger partial charge in [0.2, 0.25) is 0 Å². The van der Waals surface area contributed by atoms with Crippen LogP contribution in [0.25, 0.3) is 0 Å². The van der Waals surface area contributed by atoms with E-state index in [-0.39, 0.29) is 21.4 Å². The molecule has 0 atom stereocenters. The SMILES string of the molecule is CC(C)(C)c1ccc(C(=O)N2C(=O)c3ccccc3S2(=O)=O)cc1. The number of carbonyl (C=O) groups excluding carboxylic acids is 2. The summed E-state index contributed by atoms with van der Waals surface area (Å²) in [7, 11) is -4.15. The van der Waals surface area contributed by atoms with Crippen molar-refractivity contribution in [3.8, 4) is 0 Å². The van der Waals surface area contributed by atoms with Crippen LogP contribution in [0.3, 0.4) is 0 Å². The molecule has 0 aromatic heterocycles. The maximum Gasteiger partial charge on any atom is 0.276 e. The van der Waals surface area contributed by atoms with Gasteiger partial charge in [-0.05, 0) is 35.2 Å². The van der Waals surface area contributed by atoms with Crippen molar-refractivity contribution in [2.75, 3.05) is 0 Å². The zero-order valence-corrected chi connectivity index (χ0v) is 14.4. The van der Waals surface area contributed by atoms with Crippen molar-refractivity contribution in [1.29, 1.82) is 0 Å². The first-order chi connectivity index (χ1) is 11.1. The van der Waals surface area contributed by atoms with Gasteiger partial charge in [-0.2, -0.15) is 4.31 Å². The number of fused-ring (bicyclic) bond motifs is 1. The molecule has 3 rings (SSSR count). The van der Waals surface area contributed by atoms with E-state index in [4.69, 9.17) is 0 Å². The molecule has 0 N–H and O–H groups in total. The first-order valence-electron chi connectivity index (χ1n) is 7.47. The fourth-order valence-corrected chi connectivity index (χ4v) is 4.14. The van der Waals surface area contributed by atoms with Crippen molar-refractivity contribution in [2.45, 2.75) is 31.1 Å². The zero-order valence-electron chi connectivity index (χ0n) is 13.6. The fourth-order valence-electron chi connectivity index (χ4n) is 2.62. The minimum Gasteiger partial charge on any atom is -0.267 e. The van der Waals surface area contributed by atoms with Gasteiger partial charge in [0.05, 0.1) is 5.56 Å². The summed E-state index contributed by atoms with van der Waals surface area (Å²) in [5.41, 5.74) is 1.11. The number of nitrogens with zero attached hydrogens (tertiary/aromatic N) is 1. The lowest BCUT2D eigenvalue weighted by Gasteiger charge is -2.19. The molecule has 6 heteroatoms. The molecule has 1 heterocycles. The average molecular weight is 343 g/mol. The van der Waals surface area contributed by atoms with Crippen molar-refractivity contribution >= 4 is 21.8 Å². The van der Waals surface area contributed by atoms with Crippen molar-refractivity contribution < 1.29 is 18.0 Å². The molecule has 1 aliphatic heterocycles. The first kappa shape index (κ1) is 16.4. The van der Waals surface area contributed by atoms with E-state index >= 15 is 0 Å². The van der Waals surface area contributed by atoms with Gasteiger partial charge in [-0.1, -0.05) is 45.0 Å². The normalized spacial score (nSPS) is 16.1. The Bertz CT molecular complexity index is 938. The third-order valence-electron chi connectivity index (χ3n) is 4.00. The summed E-state index contributed by atoms with van der Waals surface area (Å²) in [6.45, 7) is 6.11. The standard InChI is InChI=1S/C18H17NO4S/c1-18(2,3)13-10-8-12(9-11-13)16(20)19-17(21)14-6-4-5-7-15(14)24(19,22)23/h4-11H,1-3H3. The summed E-state index contributed by atoms with van der Waals surface area (Å²) in [5, 5.41) is 0. The maximum absolute atomic E-state index is 12.6. The molecule has 2 aromatic rings. The maximum atomic E-state index is 12.6. The monoisotopic (exact) mass is 343 g/mol. The fraction of sp³-hybridized carbons (Fsp3) is 0.222. The van der Waals surface area contributed by atoms with E-state index in [0.717, 1.165) is 5.56 Å². The van der Waals surface area contributed by atoms with Crippen LogP contribution in [0.4, 0.5) is 0 Å². The Morgan fingerprint density at radius 3 is 2.08 bits per heavy atom. The highest BCUT2D eigenvalue weighted by atomic mass is 32.2. The number of sulfonamides is 1. The van der Waals surface area contributed by atoms with Crippen LogP contribution in [0.2, 0.25) is 0 Å². The second-order valence-electron chi connectivity index (χ2n) is 6.70. The van der Waals surface area contributed by atoms with Crippen LogP contribution < -0.4 is 0 Å². The molecular formula is C18H17NO4S. The lowest BCUT2D eigenvalue weighted by molar-refractivity contribution is 0.0739. The number of benzene rings is 2. The van der Waals surface area contributed by atoms with Crippen LogP contribution >= 0.6 is 0 Å². The molecule has 24 heavy (non-hydrogen) atoms. The Balaban J connectivity index is 2.01. The number of hydrogen-bond acceptors (Lipinski definition) is 4. The van der Waals surface area contributed by atoms with Crippen LogP contribution in [0.5, 0.6) is 0 Å². The summed E-state index contributed by atoms with van der Waals surface area (Å²) in [6, 6.07) is 12.5. The van der Waals surface area contributed by atoms with Gasteiger partial charge in [-0.3, -0.25) is 9.59 Å². The number of amides is 2. The minimum atomic E-state index is -4.15. The molecule has 0 fully saturated rings. The summed E-state index contributed by atoms with van der Waals surface area (Å²) >= 11 is 0. The molecule has 0 bridgehead atoms. The lowest BCUT2D eigenvalue weighted by Crippen LogP contribution is -2.36. The van der Waals surface area contributed by atoms with E-state index in [1.807, 2.05) is 20.8 Å². The second kappa shape index (κ2) is 5.27. The Hall–Kier alpha value is -2.47. The van der Waals surface area contributed by atoms with Crippen molar-refractivity contribution in [3.63, 3.8) is 0 Å². The highest BCUT2D eigenvalue weighted by Crippen LogP contribution is 2.31. The molecule has 0 unspecified atom stereocenters. The molecule has 1 aliphatic rings. The van der Waals surface area contributed by atoms with E-state index in [9.17, 15) is 18.0 Å². The predicted molar refractivity (Wildman–Crippen MR) is 89.3 cm³/mol. The highest BCUT2D eigenvalue weighted by molar-refractivity contribution is 7.90. The molecule has 0 saturated carbocycles. The molecule has 0 saturated heterocycles. The van der Waals surface area contributed by atoms with Crippen molar-refractivity contribution in [2.24, 2.45) is 0 Å². The van der Waals surface area contributed by atoms with Crippen LogP contribution in [0.1, 0.15) is 47.1 Å². The van der Waals surface area contributed by atoms with Gasteiger partial charge in [-0.15, -0.1) is 0 Å². The number of rotatable bonds is 1. The summed E-state index contributed by atoms with van der Waals surface area (Å²) in [5.74, 6) is -1.65. The van der Waals surface area contributed by atoms with E-state index in [1.165, 1.54) is 18.2 Å². The van der Waals surface area contributed by atoms with E-state index in [2.05, 4.69) is 0 Å². The van der Waals surface area contributed by atoms with Crippen LogP contribution in [0, 0.1) is 0 Å². The van der Waals surface area contributed by atoms with Crippen molar-refractivity contribution in [1.82, 2.24) is 4.31 Å². The molecule has 5 nitrogen and oxygen atoms in total. The Labute approximate surface area is 141 Å². The predicted octanol–water partition coefficient (Wildman–Crippen LogP) is 2.97. The van der Waals surface area contributed by atoms with Crippen molar-refractivity contribution in [3.05, 3.63) is 65.2 Å². The quantitative estimate of drug-likeness (QED) is 0.746. The van der Waals surface area contributed by atoms with Gasteiger partial charge in [0.15, 0.2) is 0 Å². The molecule has 0 radical (unpaired) electrons. The zero-order chi connectivity index (χ0) is 17.7. The largest absolute Gasteiger partial charge is 0.276 e. The smallest absolute Gasteiger partial charge is 0.267 e. The van der Waals surface area contributed by atoms with Gasteiger partial charge >= 0.3 is 0 Å². The van der Waals surface area contributed by atoms with Crippen LogP contribution in [0.15, 0.2) is 53.4 Å². The molecule has 2 amide bonds. The Kier molecular flexibility index (Phi) is 3.60. The average Bonchev–Trinajstić information content (AvgIpc) is 2.73. The molecular weight excluding hydrogens is 326 g/mol. The first-order valence-corrected chi connectivity index (χ1v) is 8.91. The van der Waals surface area contributed by atoms with Crippen LogP contribution in [-0.2, 0) is 15.4 Å². The summed E-state index contributed by atoms with van der Waals surface area (Å²) < 4.78 is 25.4.